The molecule has 0 aromatic heterocycles. The van der Waals surface area contributed by atoms with Crippen LogP contribution in [0.1, 0.15) is 92.4 Å². The Kier molecular flexibility index (Phi) is 8.24. The molecule has 0 saturated heterocycles. The van der Waals surface area contributed by atoms with Gasteiger partial charge in [-0.2, -0.15) is 0 Å². The van der Waals surface area contributed by atoms with Gasteiger partial charge >= 0.3 is 11.9 Å². The second-order valence-corrected chi connectivity index (χ2v) is 7.95. The van der Waals surface area contributed by atoms with Crippen molar-refractivity contribution in [1.82, 2.24) is 0 Å². The van der Waals surface area contributed by atoms with Crippen molar-refractivity contribution in [2.24, 2.45) is 11.3 Å². The van der Waals surface area contributed by atoms with Crippen molar-refractivity contribution < 1.29 is 19.1 Å². The molecule has 0 N–H and O–H groups in total. The van der Waals surface area contributed by atoms with Gasteiger partial charge in [-0.3, -0.25) is 9.59 Å². The molecule has 0 amide bonds. The van der Waals surface area contributed by atoms with Crippen LogP contribution in [0.3, 0.4) is 0 Å². The molecule has 4 nitrogen and oxygen atoms in total. The maximum Gasteiger partial charge on any atom is 0.311 e. The largest absolute Gasteiger partial charge is 0.465 e. The first kappa shape index (κ1) is 21.0. The second kappa shape index (κ2) is 9.43. The molecular weight excluding hydrogens is 304 g/mol. The highest BCUT2D eigenvalue weighted by Crippen LogP contribution is 2.37. The molecule has 1 atom stereocenters. The SMILES string of the molecule is CCC(C)(C)C(=O)OCCCC(=O)OC(C)(CC)C1CCCCC1. The highest BCUT2D eigenvalue weighted by Gasteiger charge is 2.36. The molecule has 1 saturated carbocycles. The van der Waals surface area contributed by atoms with Gasteiger partial charge in [-0.15, -0.1) is 0 Å². The molecule has 4 heteroatoms. The Labute approximate surface area is 147 Å². The zero-order chi connectivity index (χ0) is 18.2. The van der Waals surface area contributed by atoms with E-state index in [-0.39, 0.29) is 24.1 Å². The first-order chi connectivity index (χ1) is 11.2. The van der Waals surface area contributed by atoms with Crippen molar-refractivity contribution in [1.29, 1.82) is 0 Å². The Morgan fingerprint density at radius 2 is 1.62 bits per heavy atom. The van der Waals surface area contributed by atoms with E-state index in [2.05, 4.69) is 13.8 Å². The molecular formula is C20H36O4. The van der Waals surface area contributed by atoms with Gasteiger partial charge in [-0.25, -0.2) is 0 Å². The molecule has 0 spiro atoms. The van der Waals surface area contributed by atoms with E-state index in [1.165, 1.54) is 19.3 Å². The van der Waals surface area contributed by atoms with E-state index >= 15 is 0 Å². The van der Waals surface area contributed by atoms with E-state index in [4.69, 9.17) is 9.47 Å². The van der Waals surface area contributed by atoms with Gasteiger partial charge in [-0.1, -0.05) is 33.1 Å². The minimum Gasteiger partial charge on any atom is -0.465 e. The van der Waals surface area contributed by atoms with Crippen LogP contribution in [0.2, 0.25) is 0 Å². The Morgan fingerprint density at radius 1 is 1.00 bits per heavy atom. The van der Waals surface area contributed by atoms with Gasteiger partial charge in [0.25, 0.3) is 0 Å². The minimum atomic E-state index is -0.456. The number of ether oxygens (including phenoxy) is 2. The van der Waals surface area contributed by atoms with Gasteiger partial charge in [0.05, 0.1) is 12.0 Å². The van der Waals surface area contributed by atoms with Crippen LogP contribution >= 0.6 is 0 Å². The average Bonchev–Trinajstić information content (AvgIpc) is 2.59. The van der Waals surface area contributed by atoms with Crippen LogP contribution in [-0.4, -0.2) is 24.1 Å². The fourth-order valence-corrected chi connectivity index (χ4v) is 3.19. The van der Waals surface area contributed by atoms with Gasteiger partial charge in [0.1, 0.15) is 5.60 Å². The lowest BCUT2D eigenvalue weighted by Crippen LogP contribution is -2.40. The third-order valence-electron chi connectivity index (χ3n) is 5.71. The van der Waals surface area contributed by atoms with Gasteiger partial charge in [0.2, 0.25) is 0 Å². The number of esters is 2. The number of carbonyl (C=O) groups excluding carboxylic acids is 2. The van der Waals surface area contributed by atoms with E-state index in [0.29, 0.717) is 18.8 Å². The van der Waals surface area contributed by atoms with E-state index in [1.807, 2.05) is 20.8 Å². The molecule has 1 unspecified atom stereocenters. The molecule has 0 aromatic carbocycles. The summed E-state index contributed by atoms with van der Waals surface area (Å²) in [6, 6.07) is 0. The van der Waals surface area contributed by atoms with Crippen LogP contribution in [0, 0.1) is 11.3 Å². The Balaban J connectivity index is 2.35. The normalized spacial score (nSPS) is 18.7. The number of hydrogen-bond acceptors (Lipinski definition) is 4. The lowest BCUT2D eigenvalue weighted by Gasteiger charge is -2.38. The molecule has 140 valence electrons. The fourth-order valence-electron chi connectivity index (χ4n) is 3.19. The highest BCUT2D eigenvalue weighted by atomic mass is 16.6. The summed E-state index contributed by atoms with van der Waals surface area (Å²) in [5.41, 5.74) is -0.805. The van der Waals surface area contributed by atoms with E-state index in [0.717, 1.165) is 25.7 Å². The number of carbonyl (C=O) groups is 2. The van der Waals surface area contributed by atoms with Crippen LogP contribution in [0.15, 0.2) is 0 Å². The van der Waals surface area contributed by atoms with Crippen molar-refractivity contribution in [3.05, 3.63) is 0 Å². The van der Waals surface area contributed by atoms with Gasteiger partial charge < -0.3 is 9.47 Å². The van der Waals surface area contributed by atoms with Crippen molar-refractivity contribution in [2.75, 3.05) is 6.61 Å². The Bertz CT molecular complexity index is 410. The maximum absolute atomic E-state index is 12.2. The van der Waals surface area contributed by atoms with Crippen molar-refractivity contribution >= 4 is 11.9 Å². The van der Waals surface area contributed by atoms with Crippen molar-refractivity contribution in [3.63, 3.8) is 0 Å². The first-order valence-corrected chi connectivity index (χ1v) is 9.64. The van der Waals surface area contributed by atoms with Gasteiger partial charge in [0, 0.05) is 6.42 Å². The molecule has 0 heterocycles. The topological polar surface area (TPSA) is 52.6 Å². The molecule has 1 fully saturated rings. The summed E-state index contributed by atoms with van der Waals surface area (Å²) in [6.07, 6.45) is 8.50. The lowest BCUT2D eigenvalue weighted by atomic mass is 9.76. The lowest BCUT2D eigenvalue weighted by molar-refractivity contribution is -0.167. The van der Waals surface area contributed by atoms with Crippen LogP contribution in [0.5, 0.6) is 0 Å². The van der Waals surface area contributed by atoms with Crippen LogP contribution < -0.4 is 0 Å². The standard InChI is InChI=1S/C20H36O4/c1-6-19(3,4)18(22)23-15-11-14-17(21)24-20(5,7-2)16-12-9-8-10-13-16/h16H,6-15H2,1-5H3. The van der Waals surface area contributed by atoms with Crippen LogP contribution in [0.25, 0.3) is 0 Å². The van der Waals surface area contributed by atoms with Gasteiger partial charge in [-0.05, 0) is 58.8 Å². The molecule has 0 bridgehead atoms. The van der Waals surface area contributed by atoms with Crippen molar-refractivity contribution in [2.45, 2.75) is 98.0 Å². The smallest absolute Gasteiger partial charge is 0.311 e. The monoisotopic (exact) mass is 340 g/mol. The predicted octanol–water partition coefficient (Wildman–Crippen LogP) is 5.04. The van der Waals surface area contributed by atoms with Crippen LogP contribution in [0.4, 0.5) is 0 Å². The van der Waals surface area contributed by atoms with E-state index in [1.54, 1.807) is 0 Å². The summed E-state index contributed by atoms with van der Waals surface area (Å²) >= 11 is 0. The maximum atomic E-state index is 12.2. The summed E-state index contributed by atoms with van der Waals surface area (Å²) < 4.78 is 11.1. The van der Waals surface area contributed by atoms with Gasteiger partial charge in [0.15, 0.2) is 0 Å². The summed E-state index contributed by atoms with van der Waals surface area (Å²) in [6.45, 7) is 10.2. The minimum absolute atomic E-state index is 0.171. The number of rotatable bonds is 9. The summed E-state index contributed by atoms with van der Waals surface area (Å²) in [7, 11) is 0. The fraction of sp³-hybridized carbons (Fsp3) is 0.900. The quantitative estimate of drug-likeness (QED) is 0.436. The molecule has 24 heavy (non-hydrogen) atoms. The Hall–Kier alpha value is -1.06. The first-order valence-electron chi connectivity index (χ1n) is 9.64. The molecule has 0 aromatic rings. The molecule has 1 aliphatic carbocycles. The summed E-state index contributed by atoms with van der Waals surface area (Å²) in [5.74, 6) is 0.109. The number of hydrogen-bond donors (Lipinski definition) is 0. The van der Waals surface area contributed by atoms with Crippen molar-refractivity contribution in [3.8, 4) is 0 Å². The molecule has 1 rings (SSSR count). The second-order valence-electron chi connectivity index (χ2n) is 7.95. The summed E-state index contributed by atoms with van der Waals surface area (Å²) in [5, 5.41) is 0. The zero-order valence-electron chi connectivity index (χ0n) is 16.3. The predicted molar refractivity (Wildman–Crippen MR) is 95.6 cm³/mol. The summed E-state index contributed by atoms with van der Waals surface area (Å²) in [4.78, 5) is 24.1. The third kappa shape index (κ3) is 6.10. The molecule has 1 aliphatic rings. The van der Waals surface area contributed by atoms with E-state index < -0.39 is 5.41 Å². The Morgan fingerprint density at radius 3 is 2.17 bits per heavy atom. The molecule has 0 radical (unpaired) electrons. The third-order valence-corrected chi connectivity index (χ3v) is 5.71. The highest BCUT2D eigenvalue weighted by molar-refractivity contribution is 5.75. The zero-order valence-corrected chi connectivity index (χ0v) is 16.3. The molecule has 0 aliphatic heterocycles. The van der Waals surface area contributed by atoms with E-state index in [9.17, 15) is 9.59 Å². The van der Waals surface area contributed by atoms with Crippen LogP contribution in [-0.2, 0) is 19.1 Å². The average molecular weight is 341 g/mol.